The Hall–Kier alpha value is -4.10. The molecule has 2 aromatic carbocycles. The summed E-state index contributed by atoms with van der Waals surface area (Å²) in [5.74, 6) is 0. The minimum atomic E-state index is -1.00. The van der Waals surface area contributed by atoms with E-state index in [9.17, 15) is 4.39 Å². The van der Waals surface area contributed by atoms with Crippen LogP contribution in [0.5, 0.6) is 0 Å². The lowest BCUT2D eigenvalue weighted by Gasteiger charge is -2.03. The Balaban J connectivity index is 0.000000182. The smallest absolute Gasteiger partial charge is 0.229 e. The fourth-order valence-electron chi connectivity index (χ4n) is 3.52. The van der Waals surface area contributed by atoms with Gasteiger partial charge in [0.1, 0.15) is 6.33 Å². The molecule has 184 valence electrons. The highest BCUT2D eigenvalue weighted by Gasteiger charge is 2.04. The monoisotopic (exact) mass is 503 g/mol. The second-order valence-electron chi connectivity index (χ2n) is 7.86. The van der Waals surface area contributed by atoms with Crippen LogP contribution in [0.25, 0.3) is 33.5 Å². The Kier molecular flexibility index (Phi) is 8.36. The number of alkyl halides is 1. The number of halogens is 2. The number of aryl methyl sites for hydroxylation is 2. The molecule has 0 bridgehead atoms. The van der Waals surface area contributed by atoms with Crippen molar-refractivity contribution in [1.82, 2.24) is 29.2 Å². The molecule has 4 aromatic heterocycles. The molecular formula is C28H28ClFN6. The summed E-state index contributed by atoms with van der Waals surface area (Å²) in [6.45, 7) is 4.16. The molecule has 0 unspecified atom stereocenters. The lowest BCUT2D eigenvalue weighted by atomic mass is 10.1. The maximum Gasteiger partial charge on any atom is 0.229 e. The van der Waals surface area contributed by atoms with Crippen molar-refractivity contribution in [3.8, 4) is 22.3 Å². The zero-order chi connectivity index (χ0) is 25.5. The normalized spacial score (nSPS) is 10.5. The summed E-state index contributed by atoms with van der Waals surface area (Å²) in [4.78, 5) is 0. The van der Waals surface area contributed by atoms with Crippen molar-refractivity contribution in [2.45, 2.75) is 21.3 Å². The van der Waals surface area contributed by atoms with E-state index in [4.69, 9.17) is 13.0 Å². The molecule has 36 heavy (non-hydrogen) atoms. The summed E-state index contributed by atoms with van der Waals surface area (Å²) in [7, 11) is -1.00. The topological polar surface area (TPSA) is 60.4 Å². The molecule has 8 heteroatoms. The Bertz CT molecular complexity index is 1560. The van der Waals surface area contributed by atoms with Crippen molar-refractivity contribution in [1.29, 1.82) is 0 Å². The number of pyridine rings is 2. The Labute approximate surface area is 216 Å². The number of hydrogen-bond donors (Lipinski definition) is 0. The van der Waals surface area contributed by atoms with Crippen molar-refractivity contribution in [3.05, 3.63) is 108 Å². The van der Waals surface area contributed by atoms with Gasteiger partial charge in [0, 0.05) is 12.4 Å². The first-order valence-electron chi connectivity index (χ1n) is 11.5. The fourth-order valence-corrected chi connectivity index (χ4v) is 3.70. The van der Waals surface area contributed by atoms with Crippen LogP contribution in [-0.2, 0) is 0 Å². The van der Waals surface area contributed by atoms with E-state index in [1.165, 1.54) is 22.3 Å². The van der Waals surface area contributed by atoms with Gasteiger partial charge in [0.05, 0.1) is 8.52 Å². The highest BCUT2D eigenvalue weighted by Crippen LogP contribution is 2.22. The van der Waals surface area contributed by atoms with Crippen molar-refractivity contribution in [2.24, 2.45) is 0 Å². The average Bonchev–Trinajstić information content (AvgIpc) is 3.52. The molecular weight excluding hydrogens is 475 g/mol. The molecule has 6 aromatic rings. The first-order chi connectivity index (χ1) is 17.5. The predicted molar refractivity (Wildman–Crippen MR) is 145 cm³/mol. The largest absolute Gasteiger partial charge is 0.288 e. The molecule has 0 radical (unpaired) electrons. The van der Waals surface area contributed by atoms with Crippen molar-refractivity contribution in [3.63, 3.8) is 0 Å². The van der Waals surface area contributed by atoms with Gasteiger partial charge in [0.25, 0.3) is 0 Å². The SMILES string of the molecule is C.Cc1ccc(-c2ccc3nnc(Cl)n3c2)cc1.Cc1ccc(-c2ccc3nncn3c2)cc1.[2H]CF. The molecule has 0 fully saturated rings. The first kappa shape index (κ1) is 25.0. The van der Waals surface area contributed by atoms with E-state index >= 15 is 0 Å². The molecule has 0 saturated heterocycles. The molecule has 6 rings (SSSR count). The predicted octanol–water partition coefficient (Wildman–Crippen LogP) is 7.28. The van der Waals surface area contributed by atoms with E-state index in [2.05, 4.69) is 88.8 Å². The number of nitrogens with zero attached hydrogens (tertiary/aromatic N) is 6. The molecule has 0 spiro atoms. The zero-order valence-corrected chi connectivity index (χ0v) is 20.1. The first-order valence-corrected chi connectivity index (χ1v) is 11.2. The van der Waals surface area contributed by atoms with Gasteiger partial charge in [0.2, 0.25) is 5.28 Å². The number of benzene rings is 2. The third-order valence-electron chi connectivity index (χ3n) is 5.42. The van der Waals surface area contributed by atoms with Crippen LogP contribution in [0.3, 0.4) is 0 Å². The highest BCUT2D eigenvalue weighted by molar-refractivity contribution is 6.28. The van der Waals surface area contributed by atoms with Gasteiger partial charge in [-0.2, -0.15) is 0 Å². The minimum absolute atomic E-state index is 0. The summed E-state index contributed by atoms with van der Waals surface area (Å²) in [6, 6.07) is 24.8. The lowest BCUT2D eigenvalue weighted by molar-refractivity contribution is 0.636. The lowest BCUT2D eigenvalue weighted by Crippen LogP contribution is -1.87. The Morgan fingerprint density at radius 2 is 1.19 bits per heavy atom. The summed E-state index contributed by atoms with van der Waals surface area (Å²) < 4.78 is 19.2. The summed E-state index contributed by atoms with van der Waals surface area (Å²) in [5.41, 5.74) is 8.78. The average molecular weight is 504 g/mol. The van der Waals surface area contributed by atoms with Gasteiger partial charge >= 0.3 is 0 Å². The van der Waals surface area contributed by atoms with Gasteiger partial charge in [-0.05, 0) is 72.0 Å². The van der Waals surface area contributed by atoms with Gasteiger partial charge in [0.15, 0.2) is 11.3 Å². The molecule has 6 nitrogen and oxygen atoms in total. The van der Waals surface area contributed by atoms with Crippen LogP contribution in [-0.4, -0.2) is 36.3 Å². The van der Waals surface area contributed by atoms with Gasteiger partial charge in [-0.25, -0.2) is 0 Å². The van der Waals surface area contributed by atoms with Crippen molar-refractivity contribution >= 4 is 22.9 Å². The van der Waals surface area contributed by atoms with Gasteiger partial charge in [-0.1, -0.05) is 67.1 Å². The zero-order valence-electron chi connectivity index (χ0n) is 20.3. The number of hydrogen-bond acceptors (Lipinski definition) is 4. The Morgan fingerprint density at radius 3 is 1.78 bits per heavy atom. The van der Waals surface area contributed by atoms with Crippen molar-refractivity contribution < 1.29 is 5.76 Å². The van der Waals surface area contributed by atoms with Crippen molar-refractivity contribution in [2.75, 3.05) is 7.15 Å². The molecule has 0 atom stereocenters. The molecule has 0 aliphatic rings. The maximum absolute atomic E-state index is 9.96. The molecule has 0 aliphatic heterocycles. The minimum Gasteiger partial charge on any atom is -0.288 e. The van der Waals surface area contributed by atoms with Gasteiger partial charge in [-0.15, -0.1) is 20.4 Å². The summed E-state index contributed by atoms with van der Waals surface area (Å²) in [6.07, 6.45) is 5.70. The van der Waals surface area contributed by atoms with E-state index in [-0.39, 0.29) is 7.43 Å². The standard InChI is InChI=1S/C13H10ClN3.C13H11N3.CH3F.CH4/c1-9-2-4-10(5-3-9)11-6-7-12-15-16-13(14)17(12)8-11;1-10-2-4-11(5-3-10)12-6-7-13-15-14-9-16(13)8-12;1-2;/h2-8H,1H3;2-9H,1H3;1H3;1H4/i;;1D;. The van der Waals surface area contributed by atoms with Crippen LogP contribution in [0.2, 0.25) is 5.28 Å². The second-order valence-corrected chi connectivity index (χ2v) is 8.20. The second kappa shape index (κ2) is 12.0. The molecule has 0 N–H and O–H groups in total. The van der Waals surface area contributed by atoms with Crippen LogP contribution in [0.4, 0.5) is 4.39 Å². The highest BCUT2D eigenvalue weighted by atomic mass is 35.5. The quantitative estimate of drug-likeness (QED) is 0.249. The Morgan fingerprint density at radius 1 is 0.694 bits per heavy atom. The summed E-state index contributed by atoms with van der Waals surface area (Å²) in [5, 5.41) is 16.0. The van der Waals surface area contributed by atoms with Crippen LogP contribution < -0.4 is 0 Å². The van der Waals surface area contributed by atoms with E-state index in [0.717, 1.165) is 22.4 Å². The number of fused-ring (bicyclic) bond motifs is 2. The van der Waals surface area contributed by atoms with Gasteiger partial charge < -0.3 is 0 Å². The van der Waals surface area contributed by atoms with Crippen LogP contribution in [0.15, 0.2) is 91.5 Å². The maximum atomic E-state index is 9.96. The molecule has 4 heterocycles. The fraction of sp³-hybridized carbons (Fsp3) is 0.143. The third kappa shape index (κ3) is 5.93. The third-order valence-corrected chi connectivity index (χ3v) is 5.68. The summed E-state index contributed by atoms with van der Waals surface area (Å²) >= 11 is 5.95. The van der Waals surface area contributed by atoms with Gasteiger partial charge in [-0.3, -0.25) is 13.2 Å². The van der Waals surface area contributed by atoms with E-state index in [1.54, 1.807) is 10.7 Å². The number of rotatable bonds is 2. The molecule has 0 saturated carbocycles. The van der Waals surface area contributed by atoms with E-state index in [0.29, 0.717) is 5.28 Å². The molecule has 0 aliphatic carbocycles. The van der Waals surface area contributed by atoms with Crippen LogP contribution >= 0.6 is 11.6 Å². The molecule has 0 amide bonds. The number of aromatic nitrogens is 6. The van der Waals surface area contributed by atoms with E-state index in [1.807, 2.05) is 35.0 Å². The van der Waals surface area contributed by atoms with E-state index < -0.39 is 7.15 Å². The van der Waals surface area contributed by atoms with Crippen LogP contribution in [0.1, 0.15) is 19.9 Å². The van der Waals surface area contributed by atoms with Crippen LogP contribution in [0, 0.1) is 13.8 Å².